The van der Waals surface area contributed by atoms with Crippen molar-refractivity contribution in [3.63, 3.8) is 0 Å². The van der Waals surface area contributed by atoms with Crippen LogP contribution < -0.4 is 4.90 Å². The van der Waals surface area contributed by atoms with Gasteiger partial charge in [-0.05, 0) is 35.8 Å². The van der Waals surface area contributed by atoms with Crippen molar-refractivity contribution in [1.82, 2.24) is 0 Å². The zero-order chi connectivity index (χ0) is 9.97. The van der Waals surface area contributed by atoms with Crippen LogP contribution in [-0.2, 0) is 11.2 Å². The molecule has 0 amide bonds. The Labute approximate surface area is 83.8 Å². The number of benzene rings is 1. The molecule has 0 unspecified atom stereocenters. The van der Waals surface area contributed by atoms with Gasteiger partial charge >= 0.3 is 0 Å². The van der Waals surface area contributed by atoms with Crippen LogP contribution >= 0.6 is 0 Å². The van der Waals surface area contributed by atoms with E-state index in [1.807, 2.05) is 12.1 Å². The van der Waals surface area contributed by atoms with E-state index in [9.17, 15) is 4.79 Å². The second kappa shape index (κ2) is 3.66. The van der Waals surface area contributed by atoms with E-state index in [4.69, 9.17) is 0 Å². The van der Waals surface area contributed by atoms with Crippen LogP contribution in [0.2, 0.25) is 0 Å². The lowest BCUT2D eigenvalue weighted by atomic mass is 10.1. The van der Waals surface area contributed by atoms with Crippen molar-refractivity contribution in [1.29, 1.82) is 0 Å². The molecule has 0 atom stereocenters. The minimum atomic E-state index is 0.805. The summed E-state index contributed by atoms with van der Waals surface area (Å²) in [6.45, 7) is 1.09. The van der Waals surface area contributed by atoms with Gasteiger partial charge < -0.3 is 4.90 Å². The largest absolute Gasteiger partial charge is 0.374 e. The second-order valence-electron chi connectivity index (χ2n) is 3.55. The fourth-order valence-electron chi connectivity index (χ4n) is 1.84. The van der Waals surface area contributed by atoms with E-state index < -0.39 is 0 Å². The number of hydrogen-bond donors (Lipinski definition) is 0. The Kier molecular flexibility index (Phi) is 2.35. The van der Waals surface area contributed by atoms with E-state index in [2.05, 4.69) is 24.1 Å². The standard InChI is InChI=1S/C12H13NO/c1-13-7-6-11-9-10(3-2-8-14)4-5-12(11)13/h2-5,8-9H,6-7H2,1H3. The van der Waals surface area contributed by atoms with Crippen LogP contribution in [0.3, 0.4) is 0 Å². The molecule has 0 radical (unpaired) electrons. The smallest absolute Gasteiger partial charge is 0.142 e. The van der Waals surface area contributed by atoms with E-state index in [0.717, 1.165) is 24.8 Å². The Morgan fingerprint density at radius 1 is 1.43 bits per heavy atom. The van der Waals surface area contributed by atoms with Crippen molar-refractivity contribution in [2.45, 2.75) is 6.42 Å². The molecule has 0 aromatic heterocycles. The number of rotatable bonds is 2. The van der Waals surface area contributed by atoms with Crippen molar-refractivity contribution in [2.24, 2.45) is 0 Å². The molecule has 2 nitrogen and oxygen atoms in total. The fourth-order valence-corrected chi connectivity index (χ4v) is 1.84. The Hall–Kier alpha value is -1.57. The van der Waals surface area contributed by atoms with Gasteiger partial charge in [0.1, 0.15) is 6.29 Å². The quantitative estimate of drug-likeness (QED) is 0.520. The molecule has 1 aromatic rings. The summed E-state index contributed by atoms with van der Waals surface area (Å²) in [5.74, 6) is 0. The lowest BCUT2D eigenvalue weighted by Gasteiger charge is -2.11. The molecule has 0 aliphatic carbocycles. The van der Waals surface area contributed by atoms with Gasteiger partial charge in [0.2, 0.25) is 0 Å². The van der Waals surface area contributed by atoms with Crippen molar-refractivity contribution in [3.8, 4) is 0 Å². The first-order chi connectivity index (χ1) is 6.81. The topological polar surface area (TPSA) is 20.3 Å². The lowest BCUT2D eigenvalue weighted by Crippen LogP contribution is -2.12. The van der Waals surface area contributed by atoms with Gasteiger partial charge in [0, 0.05) is 19.3 Å². The summed E-state index contributed by atoms with van der Waals surface area (Å²) in [7, 11) is 2.10. The molecular weight excluding hydrogens is 174 g/mol. The average Bonchev–Trinajstić information content (AvgIpc) is 2.57. The Balaban J connectivity index is 2.32. The highest BCUT2D eigenvalue weighted by molar-refractivity contribution is 5.75. The minimum Gasteiger partial charge on any atom is -0.374 e. The van der Waals surface area contributed by atoms with Gasteiger partial charge in [-0.2, -0.15) is 0 Å². The van der Waals surface area contributed by atoms with E-state index in [0.29, 0.717) is 0 Å². The summed E-state index contributed by atoms with van der Waals surface area (Å²) in [6, 6.07) is 6.31. The zero-order valence-corrected chi connectivity index (χ0v) is 8.23. The van der Waals surface area contributed by atoms with Crippen LogP contribution in [0.4, 0.5) is 5.69 Å². The third kappa shape index (κ3) is 1.55. The van der Waals surface area contributed by atoms with Crippen LogP contribution in [-0.4, -0.2) is 19.9 Å². The molecule has 1 aliphatic heterocycles. The molecule has 0 saturated heterocycles. The second-order valence-corrected chi connectivity index (χ2v) is 3.55. The molecule has 72 valence electrons. The highest BCUT2D eigenvalue weighted by Gasteiger charge is 2.14. The maximum Gasteiger partial charge on any atom is 0.142 e. The van der Waals surface area contributed by atoms with Gasteiger partial charge in [-0.1, -0.05) is 12.1 Å². The summed E-state index contributed by atoms with van der Waals surface area (Å²) in [5.41, 5.74) is 3.79. The molecule has 2 heteroatoms. The summed E-state index contributed by atoms with van der Waals surface area (Å²) < 4.78 is 0. The maximum atomic E-state index is 10.2. The first kappa shape index (κ1) is 9.00. The van der Waals surface area contributed by atoms with Crippen LogP contribution in [0.5, 0.6) is 0 Å². The van der Waals surface area contributed by atoms with Crippen molar-refractivity contribution < 1.29 is 4.79 Å². The number of likely N-dealkylation sites (N-methyl/N-ethyl adjacent to an activating group) is 1. The average molecular weight is 187 g/mol. The van der Waals surface area contributed by atoms with Crippen LogP contribution in [0.25, 0.3) is 6.08 Å². The molecule has 0 bridgehead atoms. The molecule has 1 aliphatic rings. The van der Waals surface area contributed by atoms with E-state index in [1.54, 1.807) is 0 Å². The lowest BCUT2D eigenvalue weighted by molar-refractivity contribution is -0.104. The highest BCUT2D eigenvalue weighted by Crippen LogP contribution is 2.27. The van der Waals surface area contributed by atoms with E-state index in [-0.39, 0.29) is 0 Å². The Bertz CT molecular complexity index is 382. The zero-order valence-electron chi connectivity index (χ0n) is 8.23. The summed E-state index contributed by atoms with van der Waals surface area (Å²) >= 11 is 0. The van der Waals surface area contributed by atoms with Crippen LogP contribution in [0.1, 0.15) is 11.1 Å². The molecule has 0 N–H and O–H groups in total. The summed E-state index contributed by atoms with van der Waals surface area (Å²) in [5, 5.41) is 0. The molecule has 0 saturated carbocycles. The minimum absolute atomic E-state index is 0.805. The number of carbonyl (C=O) groups excluding carboxylic acids is 1. The molecule has 1 heterocycles. The van der Waals surface area contributed by atoms with Gasteiger partial charge in [-0.25, -0.2) is 0 Å². The molecular formula is C12H13NO. The van der Waals surface area contributed by atoms with Crippen molar-refractivity contribution in [3.05, 3.63) is 35.4 Å². The molecule has 1 aromatic carbocycles. The van der Waals surface area contributed by atoms with Crippen LogP contribution in [0, 0.1) is 0 Å². The van der Waals surface area contributed by atoms with Gasteiger partial charge in [0.15, 0.2) is 0 Å². The number of anilines is 1. The van der Waals surface area contributed by atoms with E-state index >= 15 is 0 Å². The first-order valence-electron chi connectivity index (χ1n) is 4.77. The van der Waals surface area contributed by atoms with Crippen LogP contribution in [0.15, 0.2) is 24.3 Å². The number of aldehydes is 1. The summed E-state index contributed by atoms with van der Waals surface area (Å²) in [4.78, 5) is 12.4. The van der Waals surface area contributed by atoms with Crippen molar-refractivity contribution >= 4 is 18.0 Å². The van der Waals surface area contributed by atoms with E-state index in [1.165, 1.54) is 17.3 Å². The molecule has 14 heavy (non-hydrogen) atoms. The number of allylic oxidation sites excluding steroid dienone is 1. The SMILES string of the molecule is CN1CCc2cc(C=CC=O)ccc21. The number of nitrogens with zero attached hydrogens (tertiary/aromatic N) is 1. The normalized spacial score (nSPS) is 14.8. The molecule has 0 fully saturated rings. The third-order valence-corrected chi connectivity index (χ3v) is 2.60. The summed E-state index contributed by atoms with van der Waals surface area (Å²) in [6.07, 6.45) is 5.28. The maximum absolute atomic E-state index is 10.2. The predicted molar refractivity (Wildman–Crippen MR) is 58.5 cm³/mol. The van der Waals surface area contributed by atoms with Crippen molar-refractivity contribution in [2.75, 3.05) is 18.5 Å². The Morgan fingerprint density at radius 2 is 2.29 bits per heavy atom. The van der Waals surface area contributed by atoms with Gasteiger partial charge in [0.05, 0.1) is 0 Å². The number of fused-ring (bicyclic) bond motifs is 1. The predicted octanol–water partition coefficient (Wildman–Crippen LogP) is 1.89. The molecule has 0 spiro atoms. The van der Waals surface area contributed by atoms with Gasteiger partial charge in [0.25, 0.3) is 0 Å². The monoisotopic (exact) mass is 187 g/mol. The highest BCUT2D eigenvalue weighted by atomic mass is 16.1. The fraction of sp³-hybridized carbons (Fsp3) is 0.250. The third-order valence-electron chi connectivity index (χ3n) is 2.60. The first-order valence-corrected chi connectivity index (χ1v) is 4.77. The Morgan fingerprint density at radius 3 is 3.07 bits per heavy atom. The number of hydrogen-bond acceptors (Lipinski definition) is 2. The van der Waals surface area contributed by atoms with Gasteiger partial charge in [-0.15, -0.1) is 0 Å². The van der Waals surface area contributed by atoms with Gasteiger partial charge in [-0.3, -0.25) is 4.79 Å². The molecule has 2 rings (SSSR count). The number of carbonyl (C=O) groups is 1.